The summed E-state index contributed by atoms with van der Waals surface area (Å²) in [5, 5.41) is 2.86. The van der Waals surface area contributed by atoms with Crippen LogP contribution in [0.5, 0.6) is 0 Å². The first-order valence-electron chi connectivity index (χ1n) is 9.70. The fourth-order valence-corrected chi connectivity index (χ4v) is 3.67. The second-order valence-electron chi connectivity index (χ2n) is 7.01. The van der Waals surface area contributed by atoms with Crippen LogP contribution in [0.15, 0.2) is 79.0 Å². The van der Waals surface area contributed by atoms with Gasteiger partial charge in [0.15, 0.2) is 0 Å². The zero-order valence-electron chi connectivity index (χ0n) is 16.5. The van der Waals surface area contributed by atoms with E-state index in [2.05, 4.69) is 5.32 Å². The van der Waals surface area contributed by atoms with Crippen molar-refractivity contribution in [3.8, 4) is 11.1 Å². The van der Waals surface area contributed by atoms with Gasteiger partial charge in [-0.05, 0) is 48.2 Å². The summed E-state index contributed by atoms with van der Waals surface area (Å²) in [6, 6.07) is 23.2. The number of hydrogen-bond donors (Lipinski definition) is 1. The molecule has 0 aliphatic rings. The summed E-state index contributed by atoms with van der Waals surface area (Å²) in [7, 11) is 0. The molecule has 29 heavy (non-hydrogen) atoms. The number of amides is 1. The molecule has 0 saturated carbocycles. The Morgan fingerprint density at radius 2 is 1.69 bits per heavy atom. The lowest BCUT2D eigenvalue weighted by atomic mass is 10.0. The molecule has 2 aromatic heterocycles. The molecule has 0 aliphatic heterocycles. The van der Waals surface area contributed by atoms with Crippen LogP contribution in [-0.4, -0.2) is 16.1 Å². The number of nitrogens with one attached hydrogen (secondary N) is 1. The van der Waals surface area contributed by atoms with Gasteiger partial charge in [-0.3, -0.25) is 9.59 Å². The quantitative estimate of drug-likeness (QED) is 0.376. The summed E-state index contributed by atoms with van der Waals surface area (Å²) in [6.07, 6.45) is 2.59. The van der Waals surface area contributed by atoms with Crippen LogP contribution in [-0.2, 0) is 11.2 Å². The Kier molecular flexibility index (Phi) is 5.00. The number of nitrogens with zero attached hydrogens (tertiary/aromatic N) is 1. The Labute approximate surface area is 169 Å². The lowest BCUT2D eigenvalue weighted by Gasteiger charge is -2.13. The molecule has 1 amide bonds. The summed E-state index contributed by atoms with van der Waals surface area (Å²) < 4.78 is 1.78. The second kappa shape index (κ2) is 7.76. The Hall–Kier alpha value is -3.66. The average molecular weight is 382 g/mol. The van der Waals surface area contributed by atoms with Crippen LogP contribution < -0.4 is 5.32 Å². The van der Waals surface area contributed by atoms with Gasteiger partial charge in [-0.25, -0.2) is 0 Å². The molecule has 0 atom stereocenters. The highest BCUT2D eigenvalue weighted by atomic mass is 16.2. The number of fused-ring (bicyclic) bond motifs is 1. The Morgan fingerprint density at radius 3 is 2.45 bits per heavy atom. The standard InChI is InChI=1S/C25H22N2O2/c1-3-18-13-9-10-17(2)22(18)26-25(29)24(28)23-21(19-11-5-4-6-12-19)16-20-14-7-8-15-27(20)23/h4-16H,3H2,1-2H3,(H,26,29). The Bertz CT molecular complexity index is 1210. The van der Waals surface area contributed by atoms with Crippen LogP contribution >= 0.6 is 0 Å². The summed E-state index contributed by atoms with van der Waals surface area (Å²) in [6.45, 7) is 3.96. The maximum absolute atomic E-state index is 13.3. The molecule has 4 heteroatoms. The van der Waals surface area contributed by atoms with E-state index in [0.717, 1.165) is 39.9 Å². The number of ketones is 1. The lowest BCUT2D eigenvalue weighted by Crippen LogP contribution is -2.25. The fourth-order valence-electron chi connectivity index (χ4n) is 3.67. The number of carbonyl (C=O) groups excluding carboxylic acids is 2. The maximum atomic E-state index is 13.3. The van der Waals surface area contributed by atoms with Gasteiger partial charge >= 0.3 is 0 Å². The highest BCUT2D eigenvalue weighted by molar-refractivity contribution is 6.47. The molecule has 2 heterocycles. The molecule has 0 spiro atoms. The third-order valence-electron chi connectivity index (χ3n) is 5.16. The summed E-state index contributed by atoms with van der Waals surface area (Å²) in [5.74, 6) is -1.18. The van der Waals surface area contributed by atoms with Crippen LogP contribution in [0.1, 0.15) is 28.5 Å². The first-order valence-corrected chi connectivity index (χ1v) is 9.70. The molecule has 4 rings (SSSR count). The van der Waals surface area contributed by atoms with Gasteiger partial charge in [0.1, 0.15) is 5.69 Å². The number of aryl methyl sites for hydroxylation is 2. The predicted octanol–water partition coefficient (Wildman–Crippen LogP) is 5.30. The molecule has 0 radical (unpaired) electrons. The number of carbonyl (C=O) groups is 2. The van der Waals surface area contributed by atoms with Crippen molar-refractivity contribution in [2.24, 2.45) is 0 Å². The number of hydrogen-bond acceptors (Lipinski definition) is 2. The minimum Gasteiger partial charge on any atom is -0.319 e. The van der Waals surface area contributed by atoms with Crippen molar-refractivity contribution >= 4 is 22.9 Å². The molecule has 0 aliphatic carbocycles. The van der Waals surface area contributed by atoms with Crippen molar-refractivity contribution in [1.29, 1.82) is 0 Å². The van der Waals surface area contributed by atoms with E-state index in [0.29, 0.717) is 5.69 Å². The topological polar surface area (TPSA) is 50.6 Å². The van der Waals surface area contributed by atoms with E-state index >= 15 is 0 Å². The van der Waals surface area contributed by atoms with Crippen molar-refractivity contribution in [3.63, 3.8) is 0 Å². The summed E-state index contributed by atoms with van der Waals surface area (Å²) in [5.41, 5.74) is 5.55. The van der Waals surface area contributed by atoms with Crippen molar-refractivity contribution in [2.45, 2.75) is 20.3 Å². The van der Waals surface area contributed by atoms with Gasteiger partial charge in [-0.2, -0.15) is 0 Å². The van der Waals surface area contributed by atoms with Gasteiger partial charge in [0.05, 0.1) is 0 Å². The predicted molar refractivity (Wildman–Crippen MR) is 116 cm³/mol. The molecule has 0 fully saturated rings. The smallest absolute Gasteiger partial charge is 0.298 e. The van der Waals surface area contributed by atoms with Crippen molar-refractivity contribution in [3.05, 3.63) is 95.8 Å². The van der Waals surface area contributed by atoms with Crippen LogP contribution in [0.2, 0.25) is 0 Å². The fraction of sp³-hybridized carbons (Fsp3) is 0.120. The molecule has 1 N–H and O–H groups in total. The zero-order chi connectivity index (χ0) is 20.4. The number of Topliss-reactive ketones (excluding diaryl/α,β-unsaturated/α-hetero) is 1. The average Bonchev–Trinajstić information content (AvgIpc) is 3.14. The van der Waals surface area contributed by atoms with Gasteiger partial charge in [-0.1, -0.05) is 61.5 Å². The van der Waals surface area contributed by atoms with Crippen LogP contribution in [0.3, 0.4) is 0 Å². The number of benzene rings is 2. The largest absolute Gasteiger partial charge is 0.319 e. The monoisotopic (exact) mass is 382 g/mol. The third kappa shape index (κ3) is 3.45. The number of aromatic nitrogens is 1. The summed E-state index contributed by atoms with van der Waals surface area (Å²) >= 11 is 0. The van der Waals surface area contributed by atoms with Gasteiger partial charge in [0, 0.05) is 23.0 Å². The Morgan fingerprint density at radius 1 is 0.931 bits per heavy atom. The second-order valence-corrected chi connectivity index (χ2v) is 7.01. The van der Waals surface area contributed by atoms with Gasteiger partial charge < -0.3 is 9.72 Å². The molecule has 4 aromatic rings. The van der Waals surface area contributed by atoms with Crippen LogP contribution in [0, 0.1) is 6.92 Å². The summed E-state index contributed by atoms with van der Waals surface area (Å²) in [4.78, 5) is 26.3. The van der Waals surface area contributed by atoms with Crippen LogP contribution in [0.25, 0.3) is 16.6 Å². The highest BCUT2D eigenvalue weighted by Gasteiger charge is 2.25. The van der Waals surface area contributed by atoms with Gasteiger partial charge in [-0.15, -0.1) is 0 Å². The highest BCUT2D eigenvalue weighted by Crippen LogP contribution is 2.29. The van der Waals surface area contributed by atoms with E-state index in [-0.39, 0.29) is 0 Å². The third-order valence-corrected chi connectivity index (χ3v) is 5.16. The van der Waals surface area contributed by atoms with Crippen molar-refractivity contribution in [2.75, 3.05) is 5.32 Å². The molecule has 2 aromatic carbocycles. The molecular weight excluding hydrogens is 360 g/mol. The normalized spacial score (nSPS) is 10.8. The van der Waals surface area contributed by atoms with E-state index < -0.39 is 11.7 Å². The maximum Gasteiger partial charge on any atom is 0.298 e. The number of pyridine rings is 1. The van der Waals surface area contributed by atoms with E-state index in [1.54, 1.807) is 4.40 Å². The number of para-hydroxylation sites is 1. The molecule has 144 valence electrons. The molecule has 0 bridgehead atoms. The Balaban J connectivity index is 1.79. The SMILES string of the molecule is CCc1cccc(C)c1NC(=O)C(=O)c1c(-c2ccccc2)cc2ccccn12. The molecule has 4 nitrogen and oxygen atoms in total. The van der Waals surface area contributed by atoms with E-state index in [1.807, 2.05) is 92.8 Å². The first kappa shape index (κ1) is 18.7. The molecule has 0 saturated heterocycles. The van der Waals surface area contributed by atoms with Crippen LogP contribution in [0.4, 0.5) is 5.69 Å². The van der Waals surface area contributed by atoms with Crippen molar-refractivity contribution < 1.29 is 9.59 Å². The van der Waals surface area contributed by atoms with Gasteiger partial charge in [0.2, 0.25) is 0 Å². The minimum absolute atomic E-state index is 0.371. The first-order chi connectivity index (χ1) is 14.1. The number of anilines is 1. The zero-order valence-corrected chi connectivity index (χ0v) is 16.5. The van der Waals surface area contributed by atoms with Crippen molar-refractivity contribution in [1.82, 2.24) is 4.40 Å². The van der Waals surface area contributed by atoms with E-state index in [4.69, 9.17) is 0 Å². The van der Waals surface area contributed by atoms with E-state index in [1.165, 1.54) is 0 Å². The van der Waals surface area contributed by atoms with Gasteiger partial charge in [0.25, 0.3) is 11.7 Å². The molecule has 0 unspecified atom stereocenters. The van der Waals surface area contributed by atoms with E-state index in [9.17, 15) is 9.59 Å². The molecular formula is C25H22N2O2. The lowest BCUT2D eigenvalue weighted by molar-refractivity contribution is -0.112. The minimum atomic E-state index is -0.630. The number of rotatable bonds is 5.